The molecule has 1 atom stereocenters. The van der Waals surface area contributed by atoms with Crippen molar-refractivity contribution < 1.29 is 4.74 Å². The van der Waals surface area contributed by atoms with Crippen molar-refractivity contribution in [1.29, 1.82) is 0 Å². The summed E-state index contributed by atoms with van der Waals surface area (Å²) in [5, 5.41) is 0. The summed E-state index contributed by atoms with van der Waals surface area (Å²) in [6.07, 6.45) is 2.16. The fourth-order valence-electron chi connectivity index (χ4n) is 0.889. The largest absolute Gasteiger partial charge is 0.366 e. The van der Waals surface area contributed by atoms with Gasteiger partial charge in [0.2, 0.25) is 0 Å². The minimum Gasteiger partial charge on any atom is -0.366 e. The molecular formula is C10H15NO. The molecular weight excluding hydrogens is 150 g/mol. The normalized spacial score (nSPS) is 19.4. The van der Waals surface area contributed by atoms with E-state index >= 15 is 0 Å². The highest BCUT2D eigenvalue weighted by molar-refractivity contribution is 5.15. The second-order valence-electron chi connectivity index (χ2n) is 2.58. The summed E-state index contributed by atoms with van der Waals surface area (Å²) < 4.78 is 5.07. The van der Waals surface area contributed by atoms with E-state index < -0.39 is 0 Å². The number of aryl methyl sites for hydroxylation is 1. The Morgan fingerprint density at radius 3 is 2.50 bits per heavy atom. The van der Waals surface area contributed by atoms with Crippen LogP contribution >= 0.6 is 0 Å². The van der Waals surface area contributed by atoms with Crippen molar-refractivity contribution in [2.75, 3.05) is 6.61 Å². The average molecular weight is 165 g/mol. The molecule has 2 rings (SSSR count). The number of nitrogens with zero attached hydrogens (tertiary/aromatic N) is 1. The molecule has 1 aromatic heterocycles. The topological polar surface area (TPSA) is 25.4 Å². The zero-order valence-electron chi connectivity index (χ0n) is 7.87. The van der Waals surface area contributed by atoms with E-state index in [9.17, 15) is 0 Å². The molecule has 0 saturated carbocycles. The Kier molecular flexibility index (Phi) is 3.23. The van der Waals surface area contributed by atoms with E-state index in [4.69, 9.17) is 4.74 Å². The highest BCUT2D eigenvalue weighted by atomic mass is 16.6. The minimum atomic E-state index is 0.292. The molecule has 1 aliphatic heterocycles. The Morgan fingerprint density at radius 2 is 2.08 bits per heavy atom. The summed E-state index contributed by atoms with van der Waals surface area (Å²) in [7, 11) is 0. The third-order valence-electron chi connectivity index (χ3n) is 1.60. The van der Waals surface area contributed by atoms with Crippen LogP contribution in [-0.2, 0) is 4.74 Å². The van der Waals surface area contributed by atoms with E-state index in [1.807, 2.05) is 33.0 Å². The summed E-state index contributed by atoms with van der Waals surface area (Å²) in [5.41, 5.74) is 2.26. The maximum Gasteiger partial charge on any atom is 0.123 e. The van der Waals surface area contributed by atoms with Gasteiger partial charge < -0.3 is 4.74 Å². The molecule has 0 amide bonds. The zero-order valence-corrected chi connectivity index (χ0v) is 7.87. The van der Waals surface area contributed by atoms with Crippen LogP contribution in [0.25, 0.3) is 0 Å². The molecule has 2 heteroatoms. The molecule has 0 aromatic carbocycles. The van der Waals surface area contributed by atoms with Gasteiger partial charge in [-0.1, -0.05) is 19.9 Å². The first-order chi connectivity index (χ1) is 5.86. The molecule has 2 heterocycles. The Hall–Kier alpha value is -0.890. The van der Waals surface area contributed by atoms with E-state index in [0.717, 1.165) is 12.3 Å². The van der Waals surface area contributed by atoms with Crippen molar-refractivity contribution in [3.63, 3.8) is 0 Å². The lowest BCUT2D eigenvalue weighted by Gasteiger charge is -1.93. The Labute approximate surface area is 73.6 Å². The molecule has 1 aliphatic rings. The van der Waals surface area contributed by atoms with Gasteiger partial charge in [0.25, 0.3) is 0 Å². The standard InChI is InChI=1S/C8H9NO.C2H6/c1-6-2-3-7(9-4-6)8-5-10-8;1-2/h2-4,8H,5H2,1H3;1-2H3. The van der Waals surface area contributed by atoms with E-state index in [0.29, 0.717) is 6.10 Å². The maximum atomic E-state index is 5.07. The van der Waals surface area contributed by atoms with Crippen molar-refractivity contribution in [2.24, 2.45) is 0 Å². The lowest BCUT2D eigenvalue weighted by Crippen LogP contribution is -1.85. The third-order valence-corrected chi connectivity index (χ3v) is 1.60. The van der Waals surface area contributed by atoms with Crippen LogP contribution in [0.1, 0.15) is 31.2 Å². The van der Waals surface area contributed by atoms with Crippen molar-refractivity contribution in [1.82, 2.24) is 4.98 Å². The van der Waals surface area contributed by atoms with Gasteiger partial charge in [0, 0.05) is 6.20 Å². The molecule has 1 aromatic rings. The molecule has 0 radical (unpaired) electrons. The first kappa shape index (κ1) is 9.20. The van der Waals surface area contributed by atoms with Crippen LogP contribution in [0.5, 0.6) is 0 Å². The average Bonchev–Trinajstić information content (AvgIpc) is 2.93. The molecule has 1 saturated heterocycles. The molecule has 1 fully saturated rings. The number of ether oxygens (including phenoxy) is 1. The van der Waals surface area contributed by atoms with Gasteiger partial charge in [-0.3, -0.25) is 4.98 Å². The first-order valence-corrected chi connectivity index (χ1v) is 4.40. The van der Waals surface area contributed by atoms with Gasteiger partial charge in [0.15, 0.2) is 0 Å². The highest BCUT2D eigenvalue weighted by Crippen LogP contribution is 2.27. The van der Waals surface area contributed by atoms with E-state index in [2.05, 4.69) is 11.1 Å². The maximum absolute atomic E-state index is 5.07. The predicted octanol–water partition coefficient (Wildman–Crippen LogP) is 2.49. The van der Waals surface area contributed by atoms with Gasteiger partial charge in [-0.2, -0.15) is 0 Å². The van der Waals surface area contributed by atoms with Gasteiger partial charge in [-0.15, -0.1) is 0 Å². The zero-order chi connectivity index (χ0) is 8.97. The van der Waals surface area contributed by atoms with Gasteiger partial charge >= 0.3 is 0 Å². The summed E-state index contributed by atoms with van der Waals surface area (Å²) in [5.74, 6) is 0. The Morgan fingerprint density at radius 1 is 1.42 bits per heavy atom. The SMILES string of the molecule is CC.Cc1ccc(C2CO2)nc1. The second kappa shape index (κ2) is 4.21. The van der Waals surface area contributed by atoms with Crippen molar-refractivity contribution in [3.05, 3.63) is 29.6 Å². The number of pyridine rings is 1. The van der Waals surface area contributed by atoms with E-state index in [1.54, 1.807) is 0 Å². The number of hydrogen-bond donors (Lipinski definition) is 0. The number of epoxide rings is 1. The molecule has 0 bridgehead atoms. The lowest BCUT2D eigenvalue weighted by molar-refractivity contribution is 0.411. The summed E-state index contributed by atoms with van der Waals surface area (Å²) in [4.78, 5) is 4.22. The molecule has 1 unspecified atom stereocenters. The van der Waals surface area contributed by atoms with Crippen LogP contribution in [0.2, 0.25) is 0 Å². The second-order valence-corrected chi connectivity index (χ2v) is 2.58. The van der Waals surface area contributed by atoms with Crippen molar-refractivity contribution >= 4 is 0 Å². The summed E-state index contributed by atoms with van der Waals surface area (Å²) in [6, 6.07) is 4.08. The van der Waals surface area contributed by atoms with Crippen molar-refractivity contribution in [2.45, 2.75) is 26.9 Å². The van der Waals surface area contributed by atoms with Crippen LogP contribution < -0.4 is 0 Å². The van der Waals surface area contributed by atoms with E-state index in [1.165, 1.54) is 5.56 Å². The first-order valence-electron chi connectivity index (χ1n) is 4.40. The van der Waals surface area contributed by atoms with Crippen molar-refractivity contribution in [3.8, 4) is 0 Å². The molecule has 0 N–H and O–H groups in total. The van der Waals surface area contributed by atoms with Gasteiger partial charge in [0.05, 0.1) is 12.3 Å². The van der Waals surface area contributed by atoms with Gasteiger partial charge in [-0.25, -0.2) is 0 Å². The minimum absolute atomic E-state index is 0.292. The molecule has 0 spiro atoms. The quantitative estimate of drug-likeness (QED) is 0.597. The van der Waals surface area contributed by atoms with Gasteiger partial charge in [0.1, 0.15) is 6.10 Å². The van der Waals surface area contributed by atoms with Crippen LogP contribution in [0, 0.1) is 6.92 Å². The van der Waals surface area contributed by atoms with Gasteiger partial charge in [-0.05, 0) is 18.6 Å². The number of aromatic nitrogens is 1. The lowest BCUT2D eigenvalue weighted by atomic mass is 10.2. The summed E-state index contributed by atoms with van der Waals surface area (Å²) in [6.45, 7) is 6.88. The van der Waals surface area contributed by atoms with Crippen LogP contribution in [-0.4, -0.2) is 11.6 Å². The fraction of sp³-hybridized carbons (Fsp3) is 0.500. The monoisotopic (exact) mass is 165 g/mol. The number of hydrogen-bond acceptors (Lipinski definition) is 2. The number of rotatable bonds is 1. The van der Waals surface area contributed by atoms with Crippen LogP contribution in [0.15, 0.2) is 18.3 Å². The molecule has 2 nitrogen and oxygen atoms in total. The Bertz CT molecular complexity index is 226. The summed E-state index contributed by atoms with van der Waals surface area (Å²) >= 11 is 0. The highest BCUT2D eigenvalue weighted by Gasteiger charge is 2.25. The third kappa shape index (κ3) is 2.31. The fourth-order valence-corrected chi connectivity index (χ4v) is 0.889. The smallest absolute Gasteiger partial charge is 0.123 e. The molecule has 12 heavy (non-hydrogen) atoms. The van der Waals surface area contributed by atoms with Crippen LogP contribution in [0.4, 0.5) is 0 Å². The van der Waals surface area contributed by atoms with E-state index in [-0.39, 0.29) is 0 Å². The predicted molar refractivity (Wildman–Crippen MR) is 49.0 cm³/mol. The Balaban J connectivity index is 0.000000336. The molecule has 0 aliphatic carbocycles. The molecule has 66 valence electrons. The van der Waals surface area contributed by atoms with Crippen LogP contribution in [0.3, 0.4) is 0 Å².